The van der Waals surface area contributed by atoms with Crippen LogP contribution in [0, 0.1) is 0 Å². The van der Waals surface area contributed by atoms with Crippen LogP contribution in [0.1, 0.15) is 5.01 Å². The topological polar surface area (TPSA) is 30.0 Å². The van der Waals surface area contributed by atoms with Gasteiger partial charge in [-0.1, -0.05) is 30.3 Å². The minimum absolute atomic E-state index is 0.0918. The Morgan fingerprint density at radius 3 is 2.50 bits per heavy atom. The average molecular weight is 303 g/mol. The molecule has 0 saturated heterocycles. The zero-order chi connectivity index (χ0) is 14.8. The number of hydrogen-bond acceptors (Lipinski definition) is 3. The number of halogens is 4. The summed E-state index contributed by atoms with van der Waals surface area (Å²) < 4.78 is 49.8. The maximum atomic E-state index is 12.8. The van der Waals surface area contributed by atoms with Gasteiger partial charge in [0.1, 0.15) is 5.01 Å². The minimum atomic E-state index is -4.63. The molecule has 0 spiro atoms. The third-order valence-electron chi connectivity index (χ3n) is 2.58. The molecule has 0 fully saturated rings. The summed E-state index contributed by atoms with van der Waals surface area (Å²) in [6, 6.07) is 8.92. The molecule has 0 radical (unpaired) electrons. The molecule has 0 aliphatic carbocycles. The summed E-state index contributed by atoms with van der Waals surface area (Å²) in [4.78, 5) is 15.2. The van der Waals surface area contributed by atoms with E-state index in [0.717, 1.165) is 16.9 Å². The fourth-order valence-corrected chi connectivity index (χ4v) is 2.31. The lowest BCUT2D eigenvalue weighted by Crippen LogP contribution is -2.37. The highest BCUT2D eigenvalue weighted by atomic mass is 32.1. The van der Waals surface area contributed by atoms with Gasteiger partial charge in [-0.25, -0.2) is 13.8 Å². The van der Waals surface area contributed by atoms with Gasteiger partial charge < -0.3 is 0 Å². The Morgan fingerprint density at radius 1 is 1.25 bits per heavy atom. The van der Waals surface area contributed by atoms with Crippen molar-refractivity contribution in [2.75, 3.05) is 0 Å². The van der Waals surface area contributed by atoms with Crippen molar-refractivity contribution in [2.24, 2.45) is 0 Å². The summed E-state index contributed by atoms with van der Waals surface area (Å²) in [5.74, 6) is -6.44. The smallest absolute Gasteiger partial charge is 0.292 e. The molecule has 1 aromatic heterocycles. The van der Waals surface area contributed by atoms with Crippen LogP contribution >= 0.6 is 11.3 Å². The lowest BCUT2D eigenvalue weighted by Gasteiger charge is -2.12. The molecule has 0 atom stereocenters. The lowest BCUT2D eigenvalue weighted by molar-refractivity contribution is -0.166. The lowest BCUT2D eigenvalue weighted by atomic mass is 10.1. The molecule has 7 heteroatoms. The normalized spacial score (nSPS) is 11.8. The zero-order valence-electron chi connectivity index (χ0n) is 10.0. The van der Waals surface area contributed by atoms with Gasteiger partial charge in [-0.2, -0.15) is 8.78 Å². The van der Waals surface area contributed by atoms with Gasteiger partial charge >= 0.3 is 12.3 Å². The first kappa shape index (κ1) is 14.6. The maximum absolute atomic E-state index is 12.8. The number of thiazole rings is 1. The van der Waals surface area contributed by atoms with Gasteiger partial charge in [-0.15, -0.1) is 11.3 Å². The van der Waals surface area contributed by atoms with Crippen molar-refractivity contribution in [3.05, 3.63) is 40.7 Å². The van der Waals surface area contributed by atoms with Gasteiger partial charge in [0.15, 0.2) is 0 Å². The van der Waals surface area contributed by atoms with Crippen LogP contribution in [0.4, 0.5) is 17.6 Å². The van der Waals surface area contributed by atoms with E-state index in [2.05, 4.69) is 4.98 Å². The maximum Gasteiger partial charge on any atom is 0.364 e. The second-order valence-electron chi connectivity index (χ2n) is 4.02. The highest BCUT2D eigenvalue weighted by molar-refractivity contribution is 7.10. The minimum Gasteiger partial charge on any atom is -0.292 e. The van der Waals surface area contributed by atoms with Crippen LogP contribution in [0.15, 0.2) is 35.7 Å². The van der Waals surface area contributed by atoms with E-state index < -0.39 is 24.6 Å². The van der Waals surface area contributed by atoms with Crippen molar-refractivity contribution in [3.63, 3.8) is 0 Å². The number of aromatic nitrogens is 1. The van der Waals surface area contributed by atoms with E-state index in [4.69, 9.17) is 0 Å². The standard InChI is InChI=1S/C13H9F4NOS/c14-12(15)13(16,17)10(19)6-11-18-9(7-20-11)8-4-2-1-3-5-8/h1-5,7,12H,6H2. The molecule has 0 unspecified atom stereocenters. The van der Waals surface area contributed by atoms with E-state index in [1.807, 2.05) is 6.07 Å². The molecule has 2 rings (SSSR count). The van der Waals surface area contributed by atoms with Crippen molar-refractivity contribution in [2.45, 2.75) is 18.8 Å². The summed E-state index contributed by atoms with van der Waals surface area (Å²) >= 11 is 0.990. The second kappa shape index (κ2) is 5.70. The molecule has 20 heavy (non-hydrogen) atoms. The third-order valence-corrected chi connectivity index (χ3v) is 3.43. The number of rotatable bonds is 5. The van der Waals surface area contributed by atoms with Crippen molar-refractivity contribution >= 4 is 17.1 Å². The summed E-state index contributed by atoms with van der Waals surface area (Å²) in [6.07, 6.45) is -4.79. The summed E-state index contributed by atoms with van der Waals surface area (Å²) in [5, 5.41) is 1.69. The Bertz CT molecular complexity index is 597. The Morgan fingerprint density at radius 2 is 1.90 bits per heavy atom. The SMILES string of the molecule is O=C(Cc1nc(-c2ccccc2)cs1)C(F)(F)C(F)F. The Balaban J connectivity index is 2.13. The van der Waals surface area contributed by atoms with E-state index in [0.29, 0.717) is 5.69 Å². The number of alkyl halides is 4. The van der Waals surface area contributed by atoms with Crippen LogP contribution in [0.5, 0.6) is 0 Å². The molecule has 2 nitrogen and oxygen atoms in total. The molecule has 0 aliphatic heterocycles. The van der Waals surface area contributed by atoms with E-state index in [1.165, 1.54) is 0 Å². The molecular weight excluding hydrogens is 294 g/mol. The van der Waals surface area contributed by atoms with Crippen molar-refractivity contribution in [1.82, 2.24) is 4.98 Å². The molecule has 0 N–H and O–H groups in total. The van der Waals surface area contributed by atoms with Crippen molar-refractivity contribution in [1.29, 1.82) is 0 Å². The first-order valence-electron chi connectivity index (χ1n) is 5.60. The second-order valence-corrected chi connectivity index (χ2v) is 4.96. The van der Waals surface area contributed by atoms with E-state index in [-0.39, 0.29) is 5.01 Å². The number of carbonyl (C=O) groups is 1. The predicted octanol–water partition coefficient (Wildman–Crippen LogP) is 3.82. The Kier molecular flexibility index (Phi) is 4.17. The quantitative estimate of drug-likeness (QED) is 0.786. The van der Waals surface area contributed by atoms with E-state index in [1.54, 1.807) is 29.6 Å². The Labute approximate surface area is 116 Å². The van der Waals surface area contributed by atoms with Gasteiger partial charge in [0, 0.05) is 10.9 Å². The van der Waals surface area contributed by atoms with Crippen LogP contribution in [0.2, 0.25) is 0 Å². The highest BCUT2D eigenvalue weighted by Gasteiger charge is 2.48. The first-order chi connectivity index (χ1) is 9.41. The fourth-order valence-electron chi connectivity index (χ4n) is 1.51. The monoisotopic (exact) mass is 303 g/mol. The summed E-state index contributed by atoms with van der Waals surface area (Å²) in [7, 11) is 0. The molecule has 1 aromatic carbocycles. The van der Waals surface area contributed by atoms with E-state index in [9.17, 15) is 22.4 Å². The van der Waals surface area contributed by atoms with Crippen molar-refractivity contribution in [3.8, 4) is 11.3 Å². The molecule has 0 bridgehead atoms. The van der Waals surface area contributed by atoms with Crippen LogP contribution < -0.4 is 0 Å². The average Bonchev–Trinajstić information content (AvgIpc) is 2.88. The predicted molar refractivity (Wildman–Crippen MR) is 67.2 cm³/mol. The van der Waals surface area contributed by atoms with Gasteiger partial charge in [0.25, 0.3) is 0 Å². The molecule has 0 saturated carbocycles. The highest BCUT2D eigenvalue weighted by Crippen LogP contribution is 2.27. The summed E-state index contributed by atoms with van der Waals surface area (Å²) in [6.45, 7) is 0. The van der Waals surface area contributed by atoms with Gasteiger partial charge in [0.2, 0.25) is 5.78 Å². The fraction of sp³-hybridized carbons (Fsp3) is 0.231. The molecular formula is C13H9F4NOS. The molecule has 0 amide bonds. The van der Waals surface area contributed by atoms with Gasteiger partial charge in [0.05, 0.1) is 12.1 Å². The Hall–Kier alpha value is -1.76. The molecule has 1 heterocycles. The number of benzene rings is 1. The molecule has 2 aromatic rings. The van der Waals surface area contributed by atoms with Crippen LogP contribution in [-0.4, -0.2) is 23.1 Å². The van der Waals surface area contributed by atoms with Crippen LogP contribution in [0.25, 0.3) is 11.3 Å². The van der Waals surface area contributed by atoms with Crippen LogP contribution in [-0.2, 0) is 11.2 Å². The number of ketones is 1. The number of carbonyl (C=O) groups excluding carboxylic acids is 1. The number of Topliss-reactive ketones (excluding diaryl/α,β-unsaturated/α-hetero) is 1. The molecule has 0 aliphatic rings. The largest absolute Gasteiger partial charge is 0.364 e. The summed E-state index contributed by atoms with van der Waals surface area (Å²) in [5.41, 5.74) is 1.29. The van der Waals surface area contributed by atoms with Crippen molar-refractivity contribution < 1.29 is 22.4 Å². The molecule has 106 valence electrons. The third kappa shape index (κ3) is 3.04. The first-order valence-corrected chi connectivity index (χ1v) is 6.48. The number of nitrogens with zero attached hydrogens (tertiary/aromatic N) is 1. The van der Waals surface area contributed by atoms with E-state index >= 15 is 0 Å². The zero-order valence-corrected chi connectivity index (χ0v) is 10.8. The van der Waals surface area contributed by atoms with Crippen LogP contribution in [0.3, 0.4) is 0 Å². The van der Waals surface area contributed by atoms with Gasteiger partial charge in [-0.05, 0) is 0 Å². The van der Waals surface area contributed by atoms with Gasteiger partial charge in [-0.3, -0.25) is 4.79 Å². The number of hydrogen-bond donors (Lipinski definition) is 0.